The van der Waals surface area contributed by atoms with Gasteiger partial charge in [-0.3, -0.25) is 15.1 Å². The Bertz CT molecular complexity index is 903. The number of hydrogen-bond donors (Lipinski definition) is 1. The lowest BCUT2D eigenvalue weighted by molar-refractivity contribution is -0.0512. The molecule has 26 heavy (non-hydrogen) atoms. The van der Waals surface area contributed by atoms with Crippen LogP contribution in [0.15, 0.2) is 48.0 Å². The summed E-state index contributed by atoms with van der Waals surface area (Å²) in [5, 5.41) is 4.82. The monoisotopic (exact) mass is 377 g/mol. The number of carbonyl (C=O) groups excluding carboxylic acids is 1. The van der Waals surface area contributed by atoms with Crippen molar-refractivity contribution in [2.45, 2.75) is 6.61 Å². The van der Waals surface area contributed by atoms with Crippen LogP contribution in [0.4, 0.5) is 13.9 Å². The molecule has 0 aliphatic carbocycles. The second kappa shape index (κ2) is 7.87. The van der Waals surface area contributed by atoms with Gasteiger partial charge in [0, 0.05) is 17.1 Å². The van der Waals surface area contributed by atoms with Gasteiger partial charge < -0.3 is 9.47 Å². The molecule has 3 rings (SSSR count). The normalized spacial score (nSPS) is 10.6. The molecule has 0 aliphatic rings. The summed E-state index contributed by atoms with van der Waals surface area (Å²) in [6.45, 7) is -2.98. The highest BCUT2D eigenvalue weighted by atomic mass is 32.1. The van der Waals surface area contributed by atoms with Gasteiger partial charge in [-0.1, -0.05) is 6.07 Å². The smallest absolute Gasteiger partial charge is 0.387 e. The zero-order valence-electron chi connectivity index (χ0n) is 13.5. The number of anilines is 1. The second-order valence-electron chi connectivity index (χ2n) is 4.95. The van der Waals surface area contributed by atoms with Crippen molar-refractivity contribution in [3.8, 4) is 22.9 Å². The maximum absolute atomic E-state index is 12.4. The maximum Gasteiger partial charge on any atom is 0.387 e. The Morgan fingerprint density at radius 3 is 2.73 bits per heavy atom. The first-order valence-electron chi connectivity index (χ1n) is 7.38. The van der Waals surface area contributed by atoms with Crippen LogP contribution in [0, 0.1) is 0 Å². The van der Waals surface area contributed by atoms with E-state index in [9.17, 15) is 13.6 Å². The molecule has 1 aromatic carbocycles. The first kappa shape index (κ1) is 17.7. The van der Waals surface area contributed by atoms with Crippen molar-refractivity contribution in [2.24, 2.45) is 0 Å². The number of ether oxygens (including phenoxy) is 2. The van der Waals surface area contributed by atoms with E-state index in [2.05, 4.69) is 20.0 Å². The minimum Gasteiger partial charge on any atom is -0.493 e. The third-order valence-electron chi connectivity index (χ3n) is 3.29. The quantitative estimate of drug-likeness (QED) is 0.701. The van der Waals surface area contributed by atoms with Gasteiger partial charge in [0.05, 0.1) is 12.8 Å². The molecule has 0 aliphatic heterocycles. The number of hydrogen-bond acceptors (Lipinski definition) is 6. The van der Waals surface area contributed by atoms with Crippen LogP contribution in [0.2, 0.25) is 0 Å². The average molecular weight is 377 g/mol. The lowest BCUT2D eigenvalue weighted by Gasteiger charge is -2.11. The zero-order valence-corrected chi connectivity index (χ0v) is 14.3. The van der Waals surface area contributed by atoms with Gasteiger partial charge in [-0.15, -0.1) is 11.3 Å². The maximum atomic E-state index is 12.4. The van der Waals surface area contributed by atoms with E-state index in [-0.39, 0.29) is 17.1 Å². The van der Waals surface area contributed by atoms with Gasteiger partial charge in [0.25, 0.3) is 5.91 Å². The van der Waals surface area contributed by atoms with E-state index >= 15 is 0 Å². The topological polar surface area (TPSA) is 73.3 Å². The van der Waals surface area contributed by atoms with Gasteiger partial charge in [0.1, 0.15) is 5.69 Å². The van der Waals surface area contributed by atoms with Crippen LogP contribution >= 0.6 is 11.3 Å². The zero-order chi connectivity index (χ0) is 18.5. The van der Waals surface area contributed by atoms with E-state index in [0.717, 1.165) is 0 Å². The van der Waals surface area contributed by atoms with Gasteiger partial charge in [0.15, 0.2) is 16.6 Å². The standard InChI is InChI=1S/C17H13F2N3O3S/c1-24-14-8-10(5-6-13(14)25-16(18)19)15(23)22-17-21-12(9-26-17)11-4-2-3-7-20-11/h2-9,16H,1H3,(H,21,22,23). The number of thiazole rings is 1. The Labute approximate surface area is 151 Å². The SMILES string of the molecule is COc1cc(C(=O)Nc2nc(-c3ccccn3)cs2)ccc1OC(F)F. The van der Waals surface area contributed by atoms with Gasteiger partial charge in [-0.25, -0.2) is 4.98 Å². The molecule has 0 radical (unpaired) electrons. The number of alkyl halides is 2. The van der Waals surface area contributed by atoms with E-state index < -0.39 is 12.5 Å². The molecule has 0 fully saturated rings. The number of aromatic nitrogens is 2. The highest BCUT2D eigenvalue weighted by Crippen LogP contribution is 2.30. The average Bonchev–Trinajstić information content (AvgIpc) is 3.10. The van der Waals surface area contributed by atoms with Crippen molar-refractivity contribution in [3.63, 3.8) is 0 Å². The third kappa shape index (κ3) is 4.12. The number of carbonyl (C=O) groups is 1. The number of amides is 1. The fraction of sp³-hybridized carbons (Fsp3) is 0.118. The Kier molecular flexibility index (Phi) is 5.37. The van der Waals surface area contributed by atoms with Gasteiger partial charge in [0.2, 0.25) is 0 Å². The number of rotatable bonds is 6. The largest absolute Gasteiger partial charge is 0.493 e. The number of nitrogens with one attached hydrogen (secondary N) is 1. The third-order valence-corrected chi connectivity index (χ3v) is 4.05. The van der Waals surface area contributed by atoms with Crippen LogP contribution in [0.5, 0.6) is 11.5 Å². The Hall–Kier alpha value is -3.07. The Balaban J connectivity index is 1.75. The van der Waals surface area contributed by atoms with E-state index in [0.29, 0.717) is 16.5 Å². The molecule has 2 aromatic heterocycles. The van der Waals surface area contributed by atoms with Crippen molar-refractivity contribution in [2.75, 3.05) is 12.4 Å². The molecule has 134 valence electrons. The molecule has 2 heterocycles. The highest BCUT2D eigenvalue weighted by Gasteiger charge is 2.15. The van der Waals surface area contributed by atoms with E-state index in [1.807, 2.05) is 12.1 Å². The van der Waals surface area contributed by atoms with Crippen LogP contribution in [0.3, 0.4) is 0 Å². The molecule has 0 atom stereocenters. The van der Waals surface area contributed by atoms with Crippen molar-refractivity contribution >= 4 is 22.4 Å². The Morgan fingerprint density at radius 1 is 1.19 bits per heavy atom. The Morgan fingerprint density at radius 2 is 2.04 bits per heavy atom. The summed E-state index contributed by atoms with van der Waals surface area (Å²) in [6.07, 6.45) is 1.65. The number of halogens is 2. The van der Waals surface area contributed by atoms with Crippen molar-refractivity contribution < 1.29 is 23.0 Å². The lowest BCUT2D eigenvalue weighted by Crippen LogP contribution is -2.12. The summed E-state index contributed by atoms with van der Waals surface area (Å²) < 4.78 is 34.0. The van der Waals surface area contributed by atoms with Crippen LogP contribution in [0.1, 0.15) is 10.4 Å². The van der Waals surface area contributed by atoms with E-state index in [1.165, 1.54) is 36.6 Å². The van der Waals surface area contributed by atoms with Crippen LogP contribution in [0.25, 0.3) is 11.4 Å². The van der Waals surface area contributed by atoms with E-state index in [4.69, 9.17) is 4.74 Å². The predicted octanol–water partition coefficient (Wildman–Crippen LogP) is 4.07. The summed E-state index contributed by atoms with van der Waals surface area (Å²) in [5.74, 6) is -0.564. The molecular weight excluding hydrogens is 364 g/mol. The summed E-state index contributed by atoms with van der Waals surface area (Å²) in [7, 11) is 1.30. The highest BCUT2D eigenvalue weighted by molar-refractivity contribution is 7.14. The van der Waals surface area contributed by atoms with Crippen molar-refractivity contribution in [1.29, 1.82) is 0 Å². The summed E-state index contributed by atoms with van der Waals surface area (Å²) >= 11 is 1.25. The molecule has 0 unspecified atom stereocenters. The molecule has 1 amide bonds. The molecule has 0 saturated heterocycles. The molecule has 0 saturated carbocycles. The number of pyridine rings is 1. The molecule has 0 spiro atoms. The molecule has 9 heteroatoms. The molecule has 6 nitrogen and oxygen atoms in total. The van der Waals surface area contributed by atoms with Crippen LogP contribution in [-0.4, -0.2) is 29.6 Å². The summed E-state index contributed by atoms with van der Waals surface area (Å²) in [6, 6.07) is 9.39. The first-order valence-corrected chi connectivity index (χ1v) is 8.26. The molecule has 1 N–H and O–H groups in total. The summed E-state index contributed by atoms with van der Waals surface area (Å²) in [4.78, 5) is 20.9. The number of benzene rings is 1. The fourth-order valence-electron chi connectivity index (χ4n) is 2.13. The van der Waals surface area contributed by atoms with Crippen molar-refractivity contribution in [3.05, 3.63) is 53.5 Å². The number of methoxy groups -OCH3 is 1. The first-order chi connectivity index (χ1) is 12.6. The van der Waals surface area contributed by atoms with E-state index in [1.54, 1.807) is 17.6 Å². The summed E-state index contributed by atoms with van der Waals surface area (Å²) in [5.41, 5.74) is 1.56. The van der Waals surface area contributed by atoms with Gasteiger partial charge in [-0.05, 0) is 30.3 Å². The lowest BCUT2D eigenvalue weighted by atomic mass is 10.2. The fourth-order valence-corrected chi connectivity index (χ4v) is 2.83. The second-order valence-corrected chi connectivity index (χ2v) is 5.81. The van der Waals surface area contributed by atoms with Crippen LogP contribution in [-0.2, 0) is 0 Å². The molecule has 0 bridgehead atoms. The van der Waals surface area contributed by atoms with Crippen molar-refractivity contribution in [1.82, 2.24) is 9.97 Å². The molecule has 3 aromatic rings. The minimum absolute atomic E-state index is 0.0336. The van der Waals surface area contributed by atoms with Crippen LogP contribution < -0.4 is 14.8 Å². The minimum atomic E-state index is -2.98. The van der Waals surface area contributed by atoms with Gasteiger partial charge >= 0.3 is 6.61 Å². The molecular formula is C17H13F2N3O3S. The number of nitrogens with zero attached hydrogens (tertiary/aromatic N) is 2. The predicted molar refractivity (Wildman–Crippen MR) is 92.9 cm³/mol. The van der Waals surface area contributed by atoms with Gasteiger partial charge in [-0.2, -0.15) is 8.78 Å².